The van der Waals surface area contributed by atoms with Gasteiger partial charge in [0.2, 0.25) is 0 Å². The Morgan fingerprint density at radius 2 is 2.07 bits per heavy atom. The molecule has 0 aliphatic rings. The molecule has 0 aromatic heterocycles. The first-order chi connectivity index (χ1) is 6.85. The minimum atomic E-state index is 0.0757. The first-order valence-electron chi connectivity index (χ1n) is 5.31. The second-order valence-electron chi connectivity index (χ2n) is 3.04. The average Bonchev–Trinajstić information content (AvgIpc) is 2.22. The zero-order valence-corrected chi connectivity index (χ0v) is 9.29. The van der Waals surface area contributed by atoms with E-state index < -0.39 is 0 Å². The molecule has 0 aliphatic heterocycles. The molecular weight excluding hydrogens is 180 g/mol. The standard InChI is InChI=1S/C11H22O3/c1-3-5-6-11(4-2)14-10-9-13-8-7-12/h4,12H,3,5-10H2,1-2H3. The average molecular weight is 202 g/mol. The summed E-state index contributed by atoms with van der Waals surface area (Å²) < 4.78 is 10.6. The fourth-order valence-corrected chi connectivity index (χ4v) is 1.05. The van der Waals surface area contributed by atoms with Crippen molar-refractivity contribution in [2.75, 3.05) is 26.4 Å². The number of aliphatic hydroxyl groups excluding tert-OH is 1. The van der Waals surface area contributed by atoms with Crippen LogP contribution in [-0.4, -0.2) is 31.5 Å². The van der Waals surface area contributed by atoms with E-state index in [9.17, 15) is 0 Å². The Hall–Kier alpha value is -0.540. The SMILES string of the molecule is CC=C(CCCC)OCCOCCO. The summed E-state index contributed by atoms with van der Waals surface area (Å²) in [7, 11) is 0. The van der Waals surface area contributed by atoms with Crippen LogP contribution >= 0.6 is 0 Å². The summed E-state index contributed by atoms with van der Waals surface area (Å²) in [6.45, 7) is 5.74. The van der Waals surface area contributed by atoms with Gasteiger partial charge in [-0.15, -0.1) is 0 Å². The predicted molar refractivity (Wildman–Crippen MR) is 57.1 cm³/mol. The molecule has 0 fully saturated rings. The van der Waals surface area contributed by atoms with Crippen LogP contribution in [0, 0.1) is 0 Å². The van der Waals surface area contributed by atoms with Crippen molar-refractivity contribution in [3.8, 4) is 0 Å². The zero-order valence-electron chi connectivity index (χ0n) is 9.29. The summed E-state index contributed by atoms with van der Waals surface area (Å²) in [6.07, 6.45) is 5.35. The van der Waals surface area contributed by atoms with Crippen LogP contribution in [0.15, 0.2) is 11.8 Å². The second kappa shape index (κ2) is 10.5. The Bertz CT molecular complexity index is 143. The third kappa shape index (κ3) is 8.08. The highest BCUT2D eigenvalue weighted by Gasteiger charge is 1.96. The number of hydrogen-bond acceptors (Lipinski definition) is 3. The molecule has 3 heteroatoms. The Morgan fingerprint density at radius 1 is 1.29 bits per heavy atom. The lowest BCUT2D eigenvalue weighted by molar-refractivity contribution is 0.0519. The first-order valence-corrected chi connectivity index (χ1v) is 5.31. The van der Waals surface area contributed by atoms with Crippen molar-refractivity contribution in [2.45, 2.75) is 33.1 Å². The van der Waals surface area contributed by atoms with Gasteiger partial charge in [-0.1, -0.05) is 13.3 Å². The lowest BCUT2D eigenvalue weighted by atomic mass is 10.2. The number of unbranched alkanes of at least 4 members (excludes halogenated alkanes) is 1. The van der Waals surface area contributed by atoms with Crippen LogP contribution in [0.2, 0.25) is 0 Å². The molecule has 0 amide bonds. The van der Waals surface area contributed by atoms with E-state index in [2.05, 4.69) is 6.92 Å². The molecule has 0 spiro atoms. The molecule has 0 aromatic carbocycles. The number of hydrogen-bond donors (Lipinski definition) is 1. The van der Waals surface area contributed by atoms with E-state index in [0.717, 1.165) is 18.6 Å². The monoisotopic (exact) mass is 202 g/mol. The second-order valence-corrected chi connectivity index (χ2v) is 3.04. The first kappa shape index (κ1) is 13.5. The van der Waals surface area contributed by atoms with Crippen molar-refractivity contribution >= 4 is 0 Å². The van der Waals surface area contributed by atoms with Gasteiger partial charge in [-0.25, -0.2) is 0 Å². The molecule has 3 nitrogen and oxygen atoms in total. The lowest BCUT2D eigenvalue weighted by Gasteiger charge is -2.09. The van der Waals surface area contributed by atoms with Crippen molar-refractivity contribution in [1.29, 1.82) is 0 Å². The maximum Gasteiger partial charge on any atom is 0.111 e. The molecule has 0 atom stereocenters. The quantitative estimate of drug-likeness (QED) is 0.459. The van der Waals surface area contributed by atoms with Gasteiger partial charge in [0.05, 0.1) is 25.6 Å². The van der Waals surface area contributed by atoms with Gasteiger partial charge < -0.3 is 14.6 Å². The topological polar surface area (TPSA) is 38.7 Å². The maximum atomic E-state index is 8.46. The van der Waals surface area contributed by atoms with Crippen LogP contribution in [0.4, 0.5) is 0 Å². The highest BCUT2D eigenvalue weighted by molar-refractivity contribution is 4.89. The molecule has 0 heterocycles. The molecule has 0 aromatic rings. The molecule has 14 heavy (non-hydrogen) atoms. The van der Waals surface area contributed by atoms with Crippen molar-refractivity contribution < 1.29 is 14.6 Å². The molecule has 0 bridgehead atoms. The molecule has 1 N–H and O–H groups in total. The minimum absolute atomic E-state index is 0.0757. The number of aliphatic hydroxyl groups is 1. The van der Waals surface area contributed by atoms with Gasteiger partial charge in [-0.2, -0.15) is 0 Å². The van der Waals surface area contributed by atoms with Crippen molar-refractivity contribution in [2.24, 2.45) is 0 Å². The van der Waals surface area contributed by atoms with E-state index in [1.165, 1.54) is 6.42 Å². The zero-order chi connectivity index (χ0) is 10.6. The third-order valence-corrected chi connectivity index (χ3v) is 1.85. The van der Waals surface area contributed by atoms with E-state index in [-0.39, 0.29) is 6.61 Å². The summed E-state index contributed by atoms with van der Waals surface area (Å²) in [5, 5.41) is 8.46. The molecule has 0 rings (SSSR count). The van der Waals surface area contributed by atoms with Crippen LogP contribution < -0.4 is 0 Å². The van der Waals surface area contributed by atoms with Crippen molar-refractivity contribution in [3.05, 3.63) is 11.8 Å². The van der Waals surface area contributed by atoms with Gasteiger partial charge >= 0.3 is 0 Å². The Kier molecular flexibility index (Phi) is 10.1. The van der Waals surface area contributed by atoms with Crippen LogP contribution in [0.5, 0.6) is 0 Å². The molecular formula is C11H22O3. The van der Waals surface area contributed by atoms with Crippen molar-refractivity contribution in [3.63, 3.8) is 0 Å². The van der Waals surface area contributed by atoms with Gasteiger partial charge in [0.25, 0.3) is 0 Å². The van der Waals surface area contributed by atoms with E-state index in [4.69, 9.17) is 14.6 Å². The van der Waals surface area contributed by atoms with Gasteiger partial charge in [-0.3, -0.25) is 0 Å². The third-order valence-electron chi connectivity index (χ3n) is 1.85. The summed E-state index contributed by atoms with van der Waals surface area (Å²) in [5.74, 6) is 1.04. The Morgan fingerprint density at radius 3 is 2.64 bits per heavy atom. The summed E-state index contributed by atoms with van der Waals surface area (Å²) >= 11 is 0. The number of rotatable bonds is 9. The normalized spacial score (nSPS) is 11.8. The Balaban J connectivity index is 3.34. The fourth-order valence-electron chi connectivity index (χ4n) is 1.05. The van der Waals surface area contributed by atoms with Crippen LogP contribution in [0.1, 0.15) is 33.1 Å². The summed E-state index contributed by atoms with van der Waals surface area (Å²) in [4.78, 5) is 0. The predicted octanol–water partition coefficient (Wildman–Crippen LogP) is 2.11. The summed E-state index contributed by atoms with van der Waals surface area (Å²) in [5.41, 5.74) is 0. The molecule has 0 unspecified atom stereocenters. The molecule has 84 valence electrons. The Labute approximate surface area is 86.7 Å². The number of ether oxygens (including phenoxy) is 2. The molecule has 0 aliphatic carbocycles. The van der Waals surface area contributed by atoms with E-state index in [1.807, 2.05) is 13.0 Å². The van der Waals surface area contributed by atoms with Gasteiger partial charge in [0.1, 0.15) is 6.61 Å². The van der Waals surface area contributed by atoms with E-state index >= 15 is 0 Å². The van der Waals surface area contributed by atoms with Crippen LogP contribution in [-0.2, 0) is 9.47 Å². The van der Waals surface area contributed by atoms with E-state index in [0.29, 0.717) is 19.8 Å². The highest BCUT2D eigenvalue weighted by Crippen LogP contribution is 2.08. The molecule has 0 radical (unpaired) electrons. The lowest BCUT2D eigenvalue weighted by Crippen LogP contribution is -2.07. The van der Waals surface area contributed by atoms with Gasteiger partial charge in [0.15, 0.2) is 0 Å². The largest absolute Gasteiger partial charge is 0.496 e. The maximum absolute atomic E-state index is 8.46. The van der Waals surface area contributed by atoms with Crippen molar-refractivity contribution in [1.82, 2.24) is 0 Å². The molecule has 0 saturated carbocycles. The summed E-state index contributed by atoms with van der Waals surface area (Å²) in [6, 6.07) is 0. The number of allylic oxidation sites excluding steroid dienone is 2. The van der Waals surface area contributed by atoms with Crippen LogP contribution in [0.25, 0.3) is 0 Å². The van der Waals surface area contributed by atoms with Gasteiger partial charge in [-0.05, 0) is 19.4 Å². The van der Waals surface area contributed by atoms with Gasteiger partial charge in [0, 0.05) is 6.42 Å². The minimum Gasteiger partial charge on any atom is -0.496 e. The smallest absolute Gasteiger partial charge is 0.111 e. The van der Waals surface area contributed by atoms with Crippen LogP contribution in [0.3, 0.4) is 0 Å². The van der Waals surface area contributed by atoms with E-state index in [1.54, 1.807) is 0 Å². The highest BCUT2D eigenvalue weighted by atomic mass is 16.5. The molecule has 0 saturated heterocycles. The fraction of sp³-hybridized carbons (Fsp3) is 0.818.